The van der Waals surface area contributed by atoms with Crippen LogP contribution < -0.4 is 5.32 Å². The highest BCUT2D eigenvalue weighted by Gasteiger charge is 2.14. The van der Waals surface area contributed by atoms with E-state index < -0.39 is 9.84 Å². The molecule has 0 aliphatic heterocycles. The molecule has 0 aliphatic rings. The van der Waals surface area contributed by atoms with Crippen LogP contribution >= 0.6 is 0 Å². The van der Waals surface area contributed by atoms with Crippen molar-refractivity contribution in [3.63, 3.8) is 0 Å². The van der Waals surface area contributed by atoms with Crippen LogP contribution in [0, 0.1) is 0 Å². The van der Waals surface area contributed by atoms with Crippen molar-refractivity contribution in [1.29, 1.82) is 0 Å². The summed E-state index contributed by atoms with van der Waals surface area (Å²) in [6.07, 6.45) is 5.44. The van der Waals surface area contributed by atoms with E-state index in [-0.39, 0.29) is 11.8 Å². The molecule has 1 aromatic heterocycles. The molecule has 18 heavy (non-hydrogen) atoms. The van der Waals surface area contributed by atoms with Crippen molar-refractivity contribution in [3.8, 4) is 0 Å². The summed E-state index contributed by atoms with van der Waals surface area (Å²) in [5.74, 6) is 0.236. The zero-order valence-electron chi connectivity index (χ0n) is 11.3. The fourth-order valence-electron chi connectivity index (χ4n) is 2.03. The number of nitrogens with zero attached hydrogens (tertiary/aromatic N) is 1. The van der Waals surface area contributed by atoms with E-state index in [1.165, 1.54) is 11.8 Å². The summed E-state index contributed by atoms with van der Waals surface area (Å²) in [6.45, 7) is 2.10. The lowest BCUT2D eigenvalue weighted by atomic mass is 10.0. The predicted octanol–water partition coefficient (Wildman–Crippen LogP) is 1.73. The molecule has 0 saturated heterocycles. The van der Waals surface area contributed by atoms with Crippen LogP contribution in [0.2, 0.25) is 0 Å². The van der Waals surface area contributed by atoms with Gasteiger partial charge in [0.15, 0.2) is 0 Å². The molecule has 0 radical (unpaired) electrons. The Balaban J connectivity index is 2.71. The van der Waals surface area contributed by atoms with E-state index in [2.05, 4.69) is 23.3 Å². The number of sulfone groups is 1. The maximum atomic E-state index is 11.1. The molecule has 102 valence electrons. The van der Waals surface area contributed by atoms with E-state index in [0.29, 0.717) is 6.42 Å². The first-order valence-electron chi connectivity index (χ1n) is 6.26. The first-order chi connectivity index (χ1) is 8.48. The topological polar surface area (TPSA) is 59.1 Å². The average Bonchev–Trinajstić information content (AvgIpc) is 2.33. The van der Waals surface area contributed by atoms with Crippen LogP contribution in [0.15, 0.2) is 18.3 Å². The summed E-state index contributed by atoms with van der Waals surface area (Å²) in [7, 11) is -0.986. The number of pyridine rings is 1. The molecule has 0 aliphatic carbocycles. The minimum Gasteiger partial charge on any atom is -0.312 e. The molecule has 1 unspecified atom stereocenters. The van der Waals surface area contributed by atoms with E-state index in [9.17, 15) is 8.42 Å². The lowest BCUT2D eigenvalue weighted by Crippen LogP contribution is -2.20. The Morgan fingerprint density at radius 1 is 1.44 bits per heavy atom. The van der Waals surface area contributed by atoms with Crippen molar-refractivity contribution in [2.45, 2.75) is 32.2 Å². The van der Waals surface area contributed by atoms with Crippen LogP contribution in [0.4, 0.5) is 0 Å². The lowest BCUT2D eigenvalue weighted by Gasteiger charge is -2.18. The third kappa shape index (κ3) is 4.74. The standard InChI is InChI=1S/C13H22N2O2S/c1-4-11-7-5-9-15-13(11)12(14-2)8-6-10-18(3,16)17/h5,7,9,12,14H,4,6,8,10H2,1-3H3. The lowest BCUT2D eigenvalue weighted by molar-refractivity contribution is 0.520. The van der Waals surface area contributed by atoms with Crippen molar-refractivity contribution in [3.05, 3.63) is 29.6 Å². The van der Waals surface area contributed by atoms with Gasteiger partial charge in [-0.1, -0.05) is 13.0 Å². The first-order valence-corrected chi connectivity index (χ1v) is 8.32. The molecular weight excluding hydrogens is 248 g/mol. The van der Waals surface area contributed by atoms with Gasteiger partial charge in [0.1, 0.15) is 9.84 Å². The van der Waals surface area contributed by atoms with E-state index >= 15 is 0 Å². The SMILES string of the molecule is CCc1cccnc1C(CCCS(C)(=O)=O)NC. The van der Waals surface area contributed by atoms with Gasteiger partial charge in [-0.05, 0) is 37.9 Å². The fraction of sp³-hybridized carbons (Fsp3) is 0.615. The Kier molecular flexibility index (Phi) is 5.75. The summed E-state index contributed by atoms with van der Waals surface area (Å²) in [4.78, 5) is 4.42. The molecule has 0 spiro atoms. The zero-order valence-corrected chi connectivity index (χ0v) is 12.1. The Hall–Kier alpha value is -0.940. The second kappa shape index (κ2) is 6.85. The Morgan fingerprint density at radius 2 is 2.17 bits per heavy atom. The summed E-state index contributed by atoms with van der Waals surface area (Å²) in [6, 6.07) is 4.14. The molecular formula is C13H22N2O2S. The van der Waals surface area contributed by atoms with Gasteiger partial charge >= 0.3 is 0 Å². The third-order valence-electron chi connectivity index (χ3n) is 2.99. The molecule has 1 rings (SSSR count). The molecule has 0 aromatic carbocycles. The molecule has 0 fully saturated rings. The molecule has 0 bridgehead atoms. The zero-order chi connectivity index (χ0) is 13.6. The summed E-state index contributed by atoms with van der Waals surface area (Å²) in [5.41, 5.74) is 2.26. The molecule has 0 amide bonds. The van der Waals surface area contributed by atoms with E-state index in [1.807, 2.05) is 13.1 Å². The van der Waals surface area contributed by atoms with Crippen LogP contribution in [0.1, 0.15) is 37.1 Å². The molecule has 1 atom stereocenters. The highest BCUT2D eigenvalue weighted by molar-refractivity contribution is 7.90. The van der Waals surface area contributed by atoms with Crippen LogP contribution in [0.25, 0.3) is 0 Å². The molecule has 1 N–H and O–H groups in total. The second-order valence-electron chi connectivity index (χ2n) is 4.51. The van der Waals surface area contributed by atoms with Gasteiger partial charge in [-0.3, -0.25) is 4.98 Å². The van der Waals surface area contributed by atoms with Crippen LogP contribution in [-0.4, -0.2) is 32.5 Å². The number of aromatic nitrogens is 1. The Labute approximate surface area is 110 Å². The van der Waals surface area contributed by atoms with Gasteiger partial charge in [0, 0.05) is 24.2 Å². The van der Waals surface area contributed by atoms with Gasteiger partial charge in [-0.15, -0.1) is 0 Å². The smallest absolute Gasteiger partial charge is 0.147 e. The van der Waals surface area contributed by atoms with Crippen molar-refractivity contribution in [2.24, 2.45) is 0 Å². The Morgan fingerprint density at radius 3 is 2.72 bits per heavy atom. The molecule has 5 heteroatoms. The number of aryl methyl sites for hydroxylation is 1. The van der Waals surface area contributed by atoms with Crippen molar-refractivity contribution in [2.75, 3.05) is 19.1 Å². The minimum atomic E-state index is -2.87. The van der Waals surface area contributed by atoms with Crippen molar-refractivity contribution >= 4 is 9.84 Å². The quantitative estimate of drug-likeness (QED) is 0.819. The van der Waals surface area contributed by atoms with Crippen LogP contribution in [-0.2, 0) is 16.3 Å². The van der Waals surface area contributed by atoms with Gasteiger partial charge in [0.05, 0.1) is 5.69 Å². The molecule has 1 heterocycles. The normalized spacial score (nSPS) is 13.5. The van der Waals surface area contributed by atoms with Crippen LogP contribution in [0.5, 0.6) is 0 Å². The van der Waals surface area contributed by atoms with Crippen molar-refractivity contribution < 1.29 is 8.42 Å². The second-order valence-corrected chi connectivity index (χ2v) is 6.77. The predicted molar refractivity (Wildman–Crippen MR) is 74.4 cm³/mol. The van der Waals surface area contributed by atoms with E-state index in [1.54, 1.807) is 6.20 Å². The number of nitrogens with one attached hydrogen (secondary N) is 1. The first kappa shape index (κ1) is 15.1. The van der Waals surface area contributed by atoms with Gasteiger partial charge in [0.2, 0.25) is 0 Å². The molecule has 4 nitrogen and oxygen atoms in total. The highest BCUT2D eigenvalue weighted by Crippen LogP contribution is 2.20. The van der Waals surface area contributed by atoms with Gasteiger partial charge in [-0.25, -0.2) is 8.42 Å². The number of hydrogen-bond donors (Lipinski definition) is 1. The minimum absolute atomic E-state index is 0.128. The van der Waals surface area contributed by atoms with Gasteiger partial charge in [-0.2, -0.15) is 0 Å². The molecule has 1 aromatic rings. The maximum absolute atomic E-state index is 11.1. The number of rotatable bonds is 7. The number of hydrogen-bond acceptors (Lipinski definition) is 4. The highest BCUT2D eigenvalue weighted by atomic mass is 32.2. The van der Waals surface area contributed by atoms with E-state index in [0.717, 1.165) is 18.5 Å². The average molecular weight is 270 g/mol. The van der Waals surface area contributed by atoms with Crippen LogP contribution in [0.3, 0.4) is 0 Å². The third-order valence-corrected chi connectivity index (χ3v) is 4.02. The molecule has 0 saturated carbocycles. The summed E-state index contributed by atoms with van der Waals surface area (Å²) >= 11 is 0. The summed E-state index contributed by atoms with van der Waals surface area (Å²) < 4.78 is 22.2. The fourth-order valence-corrected chi connectivity index (χ4v) is 2.72. The van der Waals surface area contributed by atoms with Gasteiger partial charge < -0.3 is 5.32 Å². The maximum Gasteiger partial charge on any atom is 0.147 e. The van der Waals surface area contributed by atoms with E-state index in [4.69, 9.17) is 0 Å². The monoisotopic (exact) mass is 270 g/mol. The summed E-state index contributed by atoms with van der Waals surface area (Å²) in [5, 5.41) is 3.22. The Bertz CT molecular complexity index is 472. The van der Waals surface area contributed by atoms with Crippen molar-refractivity contribution in [1.82, 2.24) is 10.3 Å². The largest absolute Gasteiger partial charge is 0.312 e. The van der Waals surface area contributed by atoms with Gasteiger partial charge in [0.25, 0.3) is 0 Å².